The quantitative estimate of drug-likeness (QED) is 0.539. The number of anilines is 2. The van der Waals surface area contributed by atoms with Crippen LogP contribution in [0.2, 0.25) is 0 Å². The van der Waals surface area contributed by atoms with Gasteiger partial charge in [-0.1, -0.05) is 0 Å². The zero-order valence-electron chi connectivity index (χ0n) is 7.32. The Morgan fingerprint density at radius 3 is 2.79 bits per heavy atom. The minimum atomic E-state index is -3.52. The first-order chi connectivity index (χ1) is 6.57. The summed E-state index contributed by atoms with van der Waals surface area (Å²) in [5.74, 6) is 0.193. The van der Waals surface area contributed by atoms with Crippen molar-refractivity contribution in [3.05, 3.63) is 6.20 Å². The number of rotatable bonds is 4. The van der Waals surface area contributed by atoms with Crippen LogP contribution >= 0.6 is 0 Å². The maximum absolute atomic E-state index is 11.4. The summed E-state index contributed by atoms with van der Waals surface area (Å²) in [6.45, 7) is 0. The lowest BCUT2D eigenvalue weighted by Gasteiger charge is -2.06. The van der Waals surface area contributed by atoms with Crippen LogP contribution in [0.4, 0.5) is 11.5 Å². The van der Waals surface area contributed by atoms with Crippen LogP contribution in [0.3, 0.4) is 0 Å². The molecular formula is C6H11N5O2S. The lowest BCUT2D eigenvalue weighted by atomic mass is 10.6. The largest absolute Gasteiger partial charge is 0.394 e. The third kappa shape index (κ3) is 2.15. The third-order valence-electron chi connectivity index (χ3n) is 1.80. The van der Waals surface area contributed by atoms with Crippen molar-refractivity contribution in [2.45, 2.75) is 18.9 Å². The maximum Gasteiger partial charge on any atom is 0.300 e. The van der Waals surface area contributed by atoms with Gasteiger partial charge >= 0.3 is 10.2 Å². The molecule has 0 amide bonds. The summed E-state index contributed by atoms with van der Waals surface area (Å²) >= 11 is 0. The summed E-state index contributed by atoms with van der Waals surface area (Å²) in [6.07, 6.45) is 3.12. The second-order valence-electron chi connectivity index (χ2n) is 3.20. The molecule has 0 bridgehead atoms. The van der Waals surface area contributed by atoms with E-state index in [0.717, 1.165) is 12.8 Å². The number of hydrogen-bond donors (Lipinski definition) is 4. The van der Waals surface area contributed by atoms with Gasteiger partial charge in [-0.3, -0.25) is 9.82 Å². The zero-order chi connectivity index (χ0) is 10.2. The van der Waals surface area contributed by atoms with E-state index in [2.05, 4.69) is 19.6 Å². The Kier molecular flexibility index (Phi) is 2.08. The van der Waals surface area contributed by atoms with Crippen molar-refractivity contribution >= 4 is 21.7 Å². The van der Waals surface area contributed by atoms with Crippen molar-refractivity contribution in [1.29, 1.82) is 0 Å². The number of nitrogens with one attached hydrogen (secondary N) is 3. The molecule has 14 heavy (non-hydrogen) atoms. The number of nitrogen functional groups attached to an aromatic ring is 1. The van der Waals surface area contributed by atoms with E-state index in [1.807, 2.05) is 0 Å². The van der Waals surface area contributed by atoms with Crippen LogP contribution in [0.15, 0.2) is 6.20 Å². The fourth-order valence-corrected chi connectivity index (χ4v) is 2.13. The van der Waals surface area contributed by atoms with Gasteiger partial charge in [-0.25, -0.2) is 0 Å². The predicted octanol–water partition coefficient (Wildman–Crippen LogP) is -0.599. The smallest absolute Gasteiger partial charge is 0.300 e. The average Bonchev–Trinajstić information content (AvgIpc) is 2.77. The van der Waals surface area contributed by atoms with Crippen molar-refractivity contribution in [1.82, 2.24) is 14.9 Å². The van der Waals surface area contributed by atoms with Crippen LogP contribution in [0, 0.1) is 0 Å². The molecule has 1 aliphatic rings. The van der Waals surface area contributed by atoms with Crippen LogP contribution in [0.1, 0.15) is 12.8 Å². The monoisotopic (exact) mass is 217 g/mol. The highest BCUT2D eigenvalue weighted by molar-refractivity contribution is 7.90. The van der Waals surface area contributed by atoms with Crippen molar-refractivity contribution in [3.8, 4) is 0 Å². The van der Waals surface area contributed by atoms with Crippen molar-refractivity contribution in [3.63, 3.8) is 0 Å². The Morgan fingerprint density at radius 2 is 2.29 bits per heavy atom. The highest BCUT2D eigenvalue weighted by Gasteiger charge is 2.27. The molecule has 1 aromatic heterocycles. The summed E-state index contributed by atoms with van der Waals surface area (Å²) < 4.78 is 27.5. The van der Waals surface area contributed by atoms with E-state index < -0.39 is 10.2 Å². The minimum absolute atomic E-state index is 0.0663. The molecule has 0 radical (unpaired) electrons. The maximum atomic E-state index is 11.4. The normalized spacial score (nSPS) is 16.9. The molecule has 0 spiro atoms. The summed E-state index contributed by atoms with van der Waals surface area (Å²) in [7, 11) is -3.52. The molecule has 1 heterocycles. The highest BCUT2D eigenvalue weighted by atomic mass is 32.2. The molecule has 1 aromatic rings. The Balaban J connectivity index is 2.05. The fourth-order valence-electron chi connectivity index (χ4n) is 0.962. The van der Waals surface area contributed by atoms with Gasteiger partial charge < -0.3 is 5.73 Å². The number of aromatic amines is 1. The molecule has 78 valence electrons. The molecular weight excluding hydrogens is 206 g/mol. The Morgan fingerprint density at radius 1 is 1.57 bits per heavy atom. The molecule has 0 saturated heterocycles. The number of aromatic nitrogens is 2. The van der Waals surface area contributed by atoms with Crippen molar-refractivity contribution in [2.75, 3.05) is 10.5 Å². The lowest BCUT2D eigenvalue weighted by Crippen LogP contribution is -2.32. The van der Waals surface area contributed by atoms with Gasteiger partial charge in [0.2, 0.25) is 0 Å². The van der Waals surface area contributed by atoms with Crippen LogP contribution < -0.4 is 15.2 Å². The van der Waals surface area contributed by atoms with Gasteiger partial charge in [-0.05, 0) is 12.8 Å². The molecule has 8 heteroatoms. The predicted molar refractivity (Wildman–Crippen MR) is 51.7 cm³/mol. The Hall–Kier alpha value is -1.28. The first-order valence-corrected chi connectivity index (χ1v) is 5.64. The number of nitrogens with zero attached hydrogens (tertiary/aromatic N) is 1. The lowest BCUT2D eigenvalue weighted by molar-refractivity contribution is 0.586. The van der Waals surface area contributed by atoms with E-state index in [4.69, 9.17) is 5.73 Å². The fraction of sp³-hybridized carbons (Fsp3) is 0.500. The molecule has 1 aliphatic carbocycles. The molecule has 0 atom stereocenters. The average molecular weight is 217 g/mol. The van der Waals surface area contributed by atoms with Gasteiger partial charge in [-0.15, -0.1) is 0 Å². The highest BCUT2D eigenvalue weighted by Crippen LogP contribution is 2.21. The Labute approximate surface area is 81.3 Å². The van der Waals surface area contributed by atoms with E-state index in [1.165, 1.54) is 6.20 Å². The van der Waals surface area contributed by atoms with Crippen molar-refractivity contribution in [2.24, 2.45) is 0 Å². The van der Waals surface area contributed by atoms with Gasteiger partial charge in [0.05, 0.1) is 11.9 Å². The van der Waals surface area contributed by atoms with Crippen LogP contribution in [0.5, 0.6) is 0 Å². The zero-order valence-corrected chi connectivity index (χ0v) is 8.13. The van der Waals surface area contributed by atoms with Gasteiger partial charge in [0.15, 0.2) is 5.82 Å². The molecule has 2 rings (SSSR count). The summed E-state index contributed by atoms with van der Waals surface area (Å²) in [4.78, 5) is 0. The van der Waals surface area contributed by atoms with Crippen LogP contribution in [-0.4, -0.2) is 24.7 Å². The number of hydrogen-bond acceptors (Lipinski definition) is 4. The molecule has 0 aromatic carbocycles. The van der Waals surface area contributed by atoms with E-state index in [-0.39, 0.29) is 17.5 Å². The van der Waals surface area contributed by atoms with Gasteiger partial charge in [0.25, 0.3) is 0 Å². The molecule has 5 N–H and O–H groups in total. The van der Waals surface area contributed by atoms with E-state index in [0.29, 0.717) is 0 Å². The SMILES string of the molecule is Nc1cn[nH]c1NS(=O)(=O)NC1CC1. The van der Waals surface area contributed by atoms with Gasteiger partial charge in [0.1, 0.15) is 0 Å². The van der Waals surface area contributed by atoms with E-state index in [9.17, 15) is 8.42 Å². The van der Waals surface area contributed by atoms with Crippen molar-refractivity contribution < 1.29 is 8.42 Å². The van der Waals surface area contributed by atoms with E-state index >= 15 is 0 Å². The minimum Gasteiger partial charge on any atom is -0.394 e. The van der Waals surface area contributed by atoms with E-state index in [1.54, 1.807) is 0 Å². The molecule has 1 saturated carbocycles. The summed E-state index contributed by atoms with van der Waals surface area (Å²) in [6, 6.07) is 0.0663. The molecule has 1 fully saturated rings. The van der Waals surface area contributed by atoms with Crippen LogP contribution in [0.25, 0.3) is 0 Å². The van der Waals surface area contributed by atoms with Crippen LogP contribution in [-0.2, 0) is 10.2 Å². The second kappa shape index (κ2) is 3.14. The topological polar surface area (TPSA) is 113 Å². The van der Waals surface area contributed by atoms with Gasteiger partial charge in [0, 0.05) is 6.04 Å². The first-order valence-electron chi connectivity index (χ1n) is 4.16. The summed E-state index contributed by atoms with van der Waals surface area (Å²) in [5, 5.41) is 6.05. The number of nitrogens with two attached hydrogens (primary N) is 1. The van der Waals surface area contributed by atoms with Gasteiger partial charge in [-0.2, -0.15) is 18.2 Å². The summed E-state index contributed by atoms with van der Waals surface area (Å²) in [5.41, 5.74) is 5.72. The standard InChI is InChI=1S/C6H11N5O2S/c7-5-3-8-9-6(5)11-14(12,13)10-4-1-2-4/h3-4,10H,1-2,7H2,(H2,8,9,11). The Bertz CT molecular complexity index is 421. The molecule has 7 nitrogen and oxygen atoms in total. The first kappa shape index (κ1) is 9.28. The molecule has 0 aliphatic heterocycles. The third-order valence-corrected chi connectivity index (χ3v) is 2.92. The second-order valence-corrected chi connectivity index (χ2v) is 4.64. The number of H-pyrrole nitrogens is 1. The molecule has 0 unspecified atom stereocenters.